The standard InChI is InChI=1S/C13H9ClN2O/c14-6-11(17)3-2-10-8-16-13-4-1-9(7-15)5-12(10)13/h1-5,8,16H,6H2/b3-2+. The van der Waals surface area contributed by atoms with Crippen molar-refractivity contribution in [3.63, 3.8) is 0 Å². The van der Waals surface area contributed by atoms with Crippen molar-refractivity contribution in [1.82, 2.24) is 4.98 Å². The van der Waals surface area contributed by atoms with Crippen LogP contribution < -0.4 is 0 Å². The maximum atomic E-state index is 11.1. The van der Waals surface area contributed by atoms with Crippen LogP contribution in [0.4, 0.5) is 0 Å². The third-order valence-electron chi connectivity index (χ3n) is 2.42. The minimum atomic E-state index is -0.141. The van der Waals surface area contributed by atoms with Crippen molar-refractivity contribution in [2.24, 2.45) is 0 Å². The fourth-order valence-corrected chi connectivity index (χ4v) is 1.67. The molecule has 1 heterocycles. The van der Waals surface area contributed by atoms with Crippen LogP contribution in [-0.4, -0.2) is 16.6 Å². The van der Waals surface area contributed by atoms with E-state index in [1.54, 1.807) is 24.4 Å². The summed E-state index contributed by atoms with van der Waals surface area (Å²) >= 11 is 5.41. The summed E-state index contributed by atoms with van der Waals surface area (Å²) < 4.78 is 0. The molecule has 1 N–H and O–H groups in total. The first-order chi connectivity index (χ1) is 8.24. The lowest BCUT2D eigenvalue weighted by Crippen LogP contribution is -1.91. The highest BCUT2D eigenvalue weighted by Gasteiger charge is 2.02. The van der Waals surface area contributed by atoms with Crippen molar-refractivity contribution in [3.05, 3.63) is 41.6 Å². The smallest absolute Gasteiger partial charge is 0.170 e. The Balaban J connectivity index is 2.45. The minimum absolute atomic E-state index is 0.0255. The van der Waals surface area contributed by atoms with Gasteiger partial charge in [0.25, 0.3) is 0 Å². The van der Waals surface area contributed by atoms with Crippen LogP contribution >= 0.6 is 11.6 Å². The number of nitriles is 1. The Morgan fingerprint density at radius 2 is 2.35 bits per heavy atom. The van der Waals surface area contributed by atoms with Crippen LogP contribution in [0.2, 0.25) is 0 Å². The number of hydrogen-bond acceptors (Lipinski definition) is 2. The van der Waals surface area contributed by atoms with Gasteiger partial charge in [0.15, 0.2) is 5.78 Å². The molecule has 1 aromatic carbocycles. The molecule has 0 radical (unpaired) electrons. The maximum absolute atomic E-state index is 11.1. The van der Waals surface area contributed by atoms with Crippen LogP contribution in [0, 0.1) is 11.3 Å². The van der Waals surface area contributed by atoms with Gasteiger partial charge >= 0.3 is 0 Å². The van der Waals surface area contributed by atoms with Gasteiger partial charge in [-0.15, -0.1) is 11.6 Å². The first kappa shape index (κ1) is 11.4. The van der Waals surface area contributed by atoms with E-state index in [2.05, 4.69) is 11.1 Å². The summed E-state index contributed by atoms with van der Waals surface area (Å²) in [7, 11) is 0. The molecule has 2 aromatic rings. The second kappa shape index (κ2) is 4.86. The van der Waals surface area contributed by atoms with E-state index in [-0.39, 0.29) is 11.7 Å². The number of ketones is 1. The van der Waals surface area contributed by atoms with Gasteiger partial charge in [-0.3, -0.25) is 4.79 Å². The van der Waals surface area contributed by atoms with Gasteiger partial charge in [-0.25, -0.2) is 0 Å². The topological polar surface area (TPSA) is 56.6 Å². The molecule has 0 aliphatic carbocycles. The lowest BCUT2D eigenvalue weighted by atomic mass is 10.1. The zero-order valence-electron chi connectivity index (χ0n) is 8.90. The average molecular weight is 245 g/mol. The van der Waals surface area contributed by atoms with Crippen molar-refractivity contribution in [2.75, 3.05) is 5.88 Å². The van der Waals surface area contributed by atoms with Crippen LogP contribution in [0.3, 0.4) is 0 Å². The zero-order chi connectivity index (χ0) is 12.3. The quantitative estimate of drug-likeness (QED) is 0.667. The van der Waals surface area contributed by atoms with Crippen LogP contribution in [0.25, 0.3) is 17.0 Å². The van der Waals surface area contributed by atoms with Crippen molar-refractivity contribution in [1.29, 1.82) is 5.26 Å². The van der Waals surface area contributed by atoms with Gasteiger partial charge in [-0.2, -0.15) is 5.26 Å². The van der Waals surface area contributed by atoms with Gasteiger partial charge in [0.1, 0.15) is 0 Å². The molecule has 0 bridgehead atoms. The second-order valence-electron chi connectivity index (χ2n) is 3.55. The van der Waals surface area contributed by atoms with E-state index >= 15 is 0 Å². The van der Waals surface area contributed by atoms with Crippen molar-refractivity contribution < 1.29 is 4.79 Å². The van der Waals surface area contributed by atoms with Crippen LogP contribution in [-0.2, 0) is 4.79 Å². The second-order valence-corrected chi connectivity index (χ2v) is 3.82. The average Bonchev–Trinajstić information content (AvgIpc) is 2.78. The molecule has 0 saturated carbocycles. The zero-order valence-corrected chi connectivity index (χ0v) is 9.66. The highest BCUT2D eigenvalue weighted by Crippen LogP contribution is 2.20. The van der Waals surface area contributed by atoms with E-state index in [1.165, 1.54) is 6.08 Å². The Labute approximate surface area is 103 Å². The molecular formula is C13H9ClN2O. The summed E-state index contributed by atoms with van der Waals surface area (Å²) in [5.41, 5.74) is 2.40. The fourth-order valence-electron chi connectivity index (χ4n) is 1.58. The lowest BCUT2D eigenvalue weighted by Gasteiger charge is -1.93. The van der Waals surface area contributed by atoms with Crippen LogP contribution in [0.1, 0.15) is 11.1 Å². The third-order valence-corrected chi connectivity index (χ3v) is 2.69. The van der Waals surface area contributed by atoms with E-state index in [4.69, 9.17) is 16.9 Å². The normalized spacial score (nSPS) is 10.8. The number of fused-ring (bicyclic) bond motifs is 1. The SMILES string of the molecule is N#Cc1ccc2[nH]cc(/C=C/C(=O)CCl)c2c1. The number of aromatic amines is 1. The highest BCUT2D eigenvalue weighted by atomic mass is 35.5. The van der Waals surface area contributed by atoms with Gasteiger partial charge in [0.2, 0.25) is 0 Å². The Kier molecular flexibility index (Phi) is 3.27. The number of allylic oxidation sites excluding steroid dienone is 1. The number of benzene rings is 1. The monoisotopic (exact) mass is 244 g/mol. The van der Waals surface area contributed by atoms with Crippen molar-refractivity contribution in [3.8, 4) is 6.07 Å². The van der Waals surface area contributed by atoms with E-state index in [9.17, 15) is 4.79 Å². The van der Waals surface area contributed by atoms with Gasteiger partial charge in [-0.1, -0.05) is 0 Å². The lowest BCUT2D eigenvalue weighted by molar-refractivity contribution is -0.112. The van der Waals surface area contributed by atoms with E-state index < -0.39 is 0 Å². The molecule has 0 spiro atoms. The van der Waals surface area contributed by atoms with Gasteiger partial charge in [0.05, 0.1) is 17.5 Å². The molecular weight excluding hydrogens is 236 g/mol. The molecule has 0 aliphatic heterocycles. The highest BCUT2D eigenvalue weighted by molar-refractivity contribution is 6.29. The molecule has 0 unspecified atom stereocenters. The number of nitrogens with one attached hydrogen (secondary N) is 1. The van der Waals surface area contributed by atoms with Crippen LogP contribution in [0.15, 0.2) is 30.5 Å². The molecule has 84 valence electrons. The molecule has 3 nitrogen and oxygen atoms in total. The first-order valence-corrected chi connectivity index (χ1v) is 5.56. The van der Waals surface area contributed by atoms with Crippen molar-refractivity contribution >= 4 is 34.4 Å². The number of nitrogens with zero attached hydrogens (tertiary/aromatic N) is 1. The maximum Gasteiger partial charge on any atom is 0.170 e. The molecule has 0 atom stereocenters. The summed E-state index contributed by atoms with van der Waals surface area (Å²) in [6, 6.07) is 7.46. The largest absolute Gasteiger partial charge is 0.361 e. The molecule has 4 heteroatoms. The summed E-state index contributed by atoms with van der Waals surface area (Å²) in [5, 5.41) is 9.75. The molecule has 17 heavy (non-hydrogen) atoms. The number of aromatic nitrogens is 1. The number of carbonyl (C=O) groups is 1. The Morgan fingerprint density at radius 1 is 1.53 bits per heavy atom. The Hall–Kier alpha value is -2.05. The van der Waals surface area contributed by atoms with E-state index in [1.807, 2.05) is 6.07 Å². The number of hydrogen-bond donors (Lipinski definition) is 1. The number of rotatable bonds is 3. The molecule has 0 amide bonds. The molecule has 0 fully saturated rings. The third kappa shape index (κ3) is 2.38. The number of alkyl halides is 1. The predicted molar refractivity (Wildman–Crippen MR) is 67.8 cm³/mol. The van der Waals surface area contributed by atoms with E-state index in [0.717, 1.165) is 16.5 Å². The van der Waals surface area contributed by atoms with Crippen molar-refractivity contribution in [2.45, 2.75) is 0 Å². The van der Waals surface area contributed by atoms with Gasteiger partial charge in [-0.05, 0) is 35.9 Å². The summed E-state index contributed by atoms with van der Waals surface area (Å²) in [4.78, 5) is 14.2. The number of carbonyl (C=O) groups excluding carboxylic acids is 1. The van der Waals surface area contributed by atoms with Gasteiger partial charge < -0.3 is 4.98 Å². The molecule has 2 rings (SSSR count). The molecule has 0 saturated heterocycles. The molecule has 1 aromatic heterocycles. The fraction of sp³-hybridized carbons (Fsp3) is 0.0769. The Morgan fingerprint density at radius 3 is 3.06 bits per heavy atom. The summed E-state index contributed by atoms with van der Waals surface area (Å²) in [6.07, 6.45) is 4.93. The first-order valence-electron chi connectivity index (χ1n) is 5.02. The Bertz CT molecular complexity index is 634. The summed E-state index contributed by atoms with van der Waals surface area (Å²) in [6.45, 7) is 0. The van der Waals surface area contributed by atoms with E-state index in [0.29, 0.717) is 5.56 Å². The summed E-state index contributed by atoms with van der Waals surface area (Å²) in [5.74, 6) is -0.167. The predicted octanol–water partition coefficient (Wildman–Crippen LogP) is 2.86. The van der Waals surface area contributed by atoms with Gasteiger partial charge in [0, 0.05) is 17.1 Å². The number of halogens is 1. The minimum Gasteiger partial charge on any atom is -0.361 e. The molecule has 0 aliphatic rings. The number of H-pyrrole nitrogens is 1. The van der Waals surface area contributed by atoms with Crippen LogP contribution in [0.5, 0.6) is 0 Å².